The second kappa shape index (κ2) is 7.56. The van der Waals surface area contributed by atoms with Gasteiger partial charge in [-0.05, 0) is 44.2 Å². The predicted octanol–water partition coefficient (Wildman–Crippen LogP) is 3.19. The smallest absolute Gasteiger partial charge is 0.225 e. The van der Waals surface area contributed by atoms with Crippen LogP contribution in [0.5, 0.6) is 5.75 Å². The first-order chi connectivity index (χ1) is 11.5. The highest BCUT2D eigenvalue weighted by Crippen LogP contribution is 2.29. The van der Waals surface area contributed by atoms with Crippen LogP contribution in [-0.4, -0.2) is 36.0 Å². The molecular weight excluding hydrogens is 300 g/mol. The molecule has 1 aromatic rings. The second-order valence-corrected chi connectivity index (χ2v) is 7.49. The highest BCUT2D eigenvalue weighted by atomic mass is 16.5. The number of rotatable bonds is 3. The molecule has 1 amide bonds. The number of carbonyl (C=O) groups excluding carboxylic acids is 1. The van der Waals surface area contributed by atoms with Crippen molar-refractivity contribution in [3.05, 3.63) is 29.3 Å². The minimum absolute atomic E-state index is 0.143. The van der Waals surface area contributed by atoms with Gasteiger partial charge in [-0.2, -0.15) is 0 Å². The van der Waals surface area contributed by atoms with Gasteiger partial charge in [0.25, 0.3) is 0 Å². The topological polar surface area (TPSA) is 55.6 Å². The molecule has 0 radical (unpaired) electrons. The van der Waals surface area contributed by atoms with E-state index in [-0.39, 0.29) is 18.1 Å². The van der Waals surface area contributed by atoms with Gasteiger partial charge >= 0.3 is 0 Å². The van der Waals surface area contributed by atoms with E-state index in [2.05, 4.69) is 32.0 Å². The number of likely N-dealkylation sites (tertiary alicyclic amines) is 1. The molecule has 2 N–H and O–H groups in total. The molecule has 4 heteroatoms. The molecule has 1 aliphatic carbocycles. The van der Waals surface area contributed by atoms with E-state index in [1.54, 1.807) is 0 Å². The van der Waals surface area contributed by atoms with E-state index in [4.69, 9.17) is 10.5 Å². The highest BCUT2D eigenvalue weighted by molar-refractivity contribution is 5.79. The molecule has 24 heavy (non-hydrogen) atoms. The summed E-state index contributed by atoms with van der Waals surface area (Å²) in [5.74, 6) is 1.47. The Bertz CT molecular complexity index is 559. The van der Waals surface area contributed by atoms with E-state index in [1.165, 1.54) is 11.1 Å². The Labute approximate surface area is 145 Å². The molecule has 1 saturated heterocycles. The maximum absolute atomic E-state index is 12.7. The van der Waals surface area contributed by atoms with E-state index in [1.807, 2.05) is 4.90 Å². The van der Waals surface area contributed by atoms with E-state index >= 15 is 0 Å². The van der Waals surface area contributed by atoms with Gasteiger partial charge in [0, 0.05) is 37.9 Å². The zero-order valence-corrected chi connectivity index (χ0v) is 15.0. The van der Waals surface area contributed by atoms with Crippen molar-refractivity contribution in [1.82, 2.24) is 4.90 Å². The summed E-state index contributed by atoms with van der Waals surface area (Å²) in [4.78, 5) is 14.7. The number of hydrogen-bond donors (Lipinski definition) is 1. The zero-order chi connectivity index (χ0) is 17.1. The third-order valence-electron chi connectivity index (χ3n) is 5.51. The van der Waals surface area contributed by atoms with Gasteiger partial charge in [-0.1, -0.05) is 24.6 Å². The average molecular weight is 330 g/mol. The Kier molecular flexibility index (Phi) is 5.44. The van der Waals surface area contributed by atoms with Gasteiger partial charge in [0.15, 0.2) is 0 Å². The molecule has 3 rings (SSSR count). The lowest BCUT2D eigenvalue weighted by Gasteiger charge is -2.36. The van der Waals surface area contributed by atoms with Crippen molar-refractivity contribution in [2.75, 3.05) is 13.1 Å². The van der Waals surface area contributed by atoms with Crippen molar-refractivity contribution in [1.29, 1.82) is 0 Å². The van der Waals surface area contributed by atoms with Crippen LogP contribution >= 0.6 is 0 Å². The molecule has 2 aliphatic rings. The number of nitrogens with zero attached hydrogens (tertiary/aromatic N) is 1. The zero-order valence-electron chi connectivity index (χ0n) is 15.0. The largest absolute Gasteiger partial charge is 0.490 e. The Morgan fingerprint density at radius 2 is 1.79 bits per heavy atom. The highest BCUT2D eigenvalue weighted by Gasteiger charge is 2.31. The van der Waals surface area contributed by atoms with Crippen LogP contribution in [0.1, 0.15) is 49.7 Å². The number of piperidine rings is 1. The van der Waals surface area contributed by atoms with E-state index < -0.39 is 0 Å². The summed E-state index contributed by atoms with van der Waals surface area (Å²) in [5.41, 5.74) is 8.41. The van der Waals surface area contributed by atoms with Crippen molar-refractivity contribution in [2.45, 2.75) is 64.5 Å². The first-order valence-corrected chi connectivity index (χ1v) is 9.32. The fourth-order valence-corrected chi connectivity index (χ4v) is 4.06. The summed E-state index contributed by atoms with van der Waals surface area (Å²) in [6.45, 7) is 5.79. The van der Waals surface area contributed by atoms with Crippen molar-refractivity contribution in [2.24, 2.45) is 11.7 Å². The molecule has 1 saturated carbocycles. The van der Waals surface area contributed by atoms with E-state index in [0.29, 0.717) is 5.91 Å². The van der Waals surface area contributed by atoms with Gasteiger partial charge in [-0.3, -0.25) is 4.79 Å². The number of carbonyl (C=O) groups is 1. The number of amides is 1. The average Bonchev–Trinajstić information content (AvgIpc) is 2.58. The maximum atomic E-state index is 12.7. The lowest BCUT2D eigenvalue weighted by Crippen LogP contribution is -2.46. The lowest BCUT2D eigenvalue weighted by molar-refractivity contribution is -0.138. The fraction of sp³-hybridized carbons (Fsp3) is 0.650. The van der Waals surface area contributed by atoms with Gasteiger partial charge in [0.2, 0.25) is 5.91 Å². The third kappa shape index (κ3) is 3.92. The minimum Gasteiger partial charge on any atom is -0.490 e. The van der Waals surface area contributed by atoms with E-state index in [9.17, 15) is 4.79 Å². The molecule has 1 heterocycles. The Morgan fingerprint density at radius 1 is 1.12 bits per heavy atom. The number of para-hydroxylation sites is 1. The Balaban J connectivity index is 1.53. The Morgan fingerprint density at radius 3 is 2.42 bits per heavy atom. The van der Waals surface area contributed by atoms with Crippen molar-refractivity contribution in [3.63, 3.8) is 0 Å². The molecule has 2 atom stereocenters. The van der Waals surface area contributed by atoms with Crippen LogP contribution in [0.25, 0.3) is 0 Å². The second-order valence-electron chi connectivity index (χ2n) is 7.49. The van der Waals surface area contributed by atoms with E-state index in [0.717, 1.165) is 57.4 Å². The van der Waals surface area contributed by atoms with Gasteiger partial charge in [-0.25, -0.2) is 0 Å². The standard InChI is InChI=1S/C20H30N2O2/c1-14-5-3-6-15(2)19(14)24-18-9-11-22(12-10-18)20(23)16-7-4-8-17(21)13-16/h3,5-6,16-18H,4,7-13,21H2,1-2H3. The summed E-state index contributed by atoms with van der Waals surface area (Å²) in [7, 11) is 0. The van der Waals surface area contributed by atoms with Gasteiger partial charge in [0.05, 0.1) is 0 Å². The van der Waals surface area contributed by atoms with Gasteiger partial charge < -0.3 is 15.4 Å². The molecule has 0 aromatic heterocycles. The van der Waals surface area contributed by atoms with Crippen LogP contribution in [0.4, 0.5) is 0 Å². The number of ether oxygens (including phenoxy) is 1. The molecule has 0 spiro atoms. The quantitative estimate of drug-likeness (QED) is 0.926. The summed E-state index contributed by atoms with van der Waals surface area (Å²) < 4.78 is 6.25. The first kappa shape index (κ1) is 17.3. The lowest BCUT2D eigenvalue weighted by atomic mass is 9.85. The predicted molar refractivity (Wildman–Crippen MR) is 96.1 cm³/mol. The molecular formula is C20H30N2O2. The summed E-state index contributed by atoms with van der Waals surface area (Å²) in [6, 6.07) is 6.45. The van der Waals surface area contributed by atoms with Crippen LogP contribution in [0.15, 0.2) is 18.2 Å². The summed E-state index contributed by atoms with van der Waals surface area (Å²) in [5, 5.41) is 0. The van der Waals surface area contributed by atoms with Crippen LogP contribution < -0.4 is 10.5 Å². The summed E-state index contributed by atoms with van der Waals surface area (Å²) in [6.07, 6.45) is 6.06. The van der Waals surface area contributed by atoms with Gasteiger partial charge in [0.1, 0.15) is 11.9 Å². The molecule has 1 aromatic carbocycles. The van der Waals surface area contributed by atoms with Gasteiger partial charge in [-0.15, -0.1) is 0 Å². The molecule has 2 unspecified atom stereocenters. The third-order valence-corrected chi connectivity index (χ3v) is 5.51. The molecule has 4 nitrogen and oxygen atoms in total. The monoisotopic (exact) mass is 330 g/mol. The normalized spacial score (nSPS) is 25.5. The fourth-order valence-electron chi connectivity index (χ4n) is 4.06. The van der Waals surface area contributed by atoms with Crippen LogP contribution in [-0.2, 0) is 4.79 Å². The van der Waals surface area contributed by atoms with Crippen molar-refractivity contribution < 1.29 is 9.53 Å². The maximum Gasteiger partial charge on any atom is 0.225 e. The number of nitrogens with two attached hydrogens (primary N) is 1. The number of aryl methyl sites for hydroxylation is 2. The SMILES string of the molecule is Cc1cccc(C)c1OC1CCN(C(=O)C2CCCC(N)C2)CC1. The van der Waals surface area contributed by atoms with Crippen molar-refractivity contribution >= 4 is 5.91 Å². The number of benzene rings is 1. The van der Waals surface area contributed by atoms with Crippen LogP contribution in [0.3, 0.4) is 0 Å². The molecule has 2 fully saturated rings. The first-order valence-electron chi connectivity index (χ1n) is 9.32. The minimum atomic E-state index is 0.143. The molecule has 132 valence electrons. The summed E-state index contributed by atoms with van der Waals surface area (Å²) >= 11 is 0. The molecule has 0 bridgehead atoms. The van der Waals surface area contributed by atoms with Crippen LogP contribution in [0.2, 0.25) is 0 Å². The molecule has 1 aliphatic heterocycles. The van der Waals surface area contributed by atoms with Crippen molar-refractivity contribution in [3.8, 4) is 5.75 Å². The van der Waals surface area contributed by atoms with Crippen LogP contribution in [0, 0.1) is 19.8 Å². The number of hydrogen-bond acceptors (Lipinski definition) is 3. The Hall–Kier alpha value is -1.55.